The van der Waals surface area contributed by atoms with Gasteiger partial charge in [0.25, 0.3) is 0 Å². The molecule has 16 heavy (non-hydrogen) atoms. The average molecular weight is 221 g/mol. The number of hydrogen-bond acceptors (Lipinski definition) is 5. The minimum Gasteiger partial charge on any atom is -0.489 e. The molecular weight excluding hydrogens is 206 g/mol. The first kappa shape index (κ1) is 12.3. The highest BCUT2D eigenvalue weighted by molar-refractivity contribution is 5.52. The Kier molecular flexibility index (Phi) is 4.58. The lowest BCUT2D eigenvalue weighted by Crippen LogP contribution is -2.21. The van der Waals surface area contributed by atoms with E-state index in [4.69, 9.17) is 21.5 Å². The summed E-state index contributed by atoms with van der Waals surface area (Å²) >= 11 is 0. The van der Waals surface area contributed by atoms with Crippen molar-refractivity contribution in [3.05, 3.63) is 23.8 Å². The van der Waals surface area contributed by atoms with E-state index in [-0.39, 0.29) is 6.61 Å². The van der Waals surface area contributed by atoms with E-state index in [2.05, 4.69) is 0 Å². The number of benzene rings is 1. The Labute approximate surface area is 94.2 Å². The summed E-state index contributed by atoms with van der Waals surface area (Å²) in [6, 6.07) is 6.76. The van der Waals surface area contributed by atoms with Crippen molar-refractivity contribution < 1.29 is 9.84 Å². The Hall–Kier alpha value is -1.77. The summed E-state index contributed by atoms with van der Waals surface area (Å²) < 4.78 is 5.32. The molecule has 86 valence electrons. The van der Waals surface area contributed by atoms with Crippen molar-refractivity contribution in [1.29, 1.82) is 5.26 Å². The van der Waals surface area contributed by atoms with Gasteiger partial charge in [0.15, 0.2) is 0 Å². The lowest BCUT2D eigenvalue weighted by atomic mass is 10.2. The molecule has 0 radical (unpaired) electrons. The number of aliphatic hydroxyl groups is 1. The van der Waals surface area contributed by atoms with Crippen LogP contribution >= 0.6 is 0 Å². The monoisotopic (exact) mass is 221 g/mol. The number of aliphatic hydroxyl groups excluding tert-OH is 1. The van der Waals surface area contributed by atoms with Crippen molar-refractivity contribution in [2.75, 3.05) is 18.9 Å². The first-order valence-corrected chi connectivity index (χ1v) is 4.98. The highest BCUT2D eigenvalue weighted by Gasteiger charge is 2.07. The molecule has 0 aliphatic heterocycles. The van der Waals surface area contributed by atoms with Crippen LogP contribution in [0, 0.1) is 11.3 Å². The standard InChI is InChI=1S/C11H15N3O2/c12-4-3-10(15)7-16-11-5-9(14)2-1-8(11)6-13/h1-2,5,10,15H,3-4,7,12,14H2/t10-/m1/s1. The van der Waals surface area contributed by atoms with Gasteiger partial charge in [0, 0.05) is 11.8 Å². The fourth-order valence-corrected chi connectivity index (χ4v) is 1.21. The smallest absolute Gasteiger partial charge is 0.139 e. The minimum absolute atomic E-state index is 0.106. The molecular formula is C11H15N3O2. The normalized spacial score (nSPS) is 11.8. The van der Waals surface area contributed by atoms with Gasteiger partial charge in [0.05, 0.1) is 11.7 Å². The van der Waals surface area contributed by atoms with E-state index in [0.29, 0.717) is 30.0 Å². The molecule has 0 fully saturated rings. The van der Waals surface area contributed by atoms with Gasteiger partial charge in [0.2, 0.25) is 0 Å². The summed E-state index contributed by atoms with van der Waals surface area (Å²) in [5, 5.41) is 18.2. The lowest BCUT2D eigenvalue weighted by Gasteiger charge is -2.12. The van der Waals surface area contributed by atoms with Crippen LogP contribution in [-0.2, 0) is 0 Å². The fraction of sp³-hybridized carbons (Fsp3) is 0.364. The van der Waals surface area contributed by atoms with Gasteiger partial charge >= 0.3 is 0 Å². The Morgan fingerprint density at radius 2 is 2.25 bits per heavy atom. The second-order valence-corrected chi connectivity index (χ2v) is 3.41. The van der Waals surface area contributed by atoms with Crippen molar-refractivity contribution in [3.8, 4) is 11.8 Å². The SMILES string of the molecule is N#Cc1ccc(N)cc1OC[C@H](O)CCN. The maximum atomic E-state index is 9.42. The Balaban J connectivity index is 2.66. The maximum absolute atomic E-state index is 9.42. The summed E-state index contributed by atoms with van der Waals surface area (Å²) in [5.74, 6) is 0.388. The molecule has 0 heterocycles. The van der Waals surface area contributed by atoms with Gasteiger partial charge in [0.1, 0.15) is 18.4 Å². The van der Waals surface area contributed by atoms with E-state index in [0.717, 1.165) is 0 Å². The number of hydrogen-bond donors (Lipinski definition) is 3. The van der Waals surface area contributed by atoms with Crippen molar-refractivity contribution in [1.82, 2.24) is 0 Å². The molecule has 0 unspecified atom stereocenters. The third-order valence-corrected chi connectivity index (χ3v) is 2.06. The van der Waals surface area contributed by atoms with Crippen LogP contribution in [0.15, 0.2) is 18.2 Å². The Bertz CT molecular complexity index is 387. The largest absolute Gasteiger partial charge is 0.489 e. The highest BCUT2D eigenvalue weighted by Crippen LogP contribution is 2.21. The molecule has 0 bridgehead atoms. The van der Waals surface area contributed by atoms with E-state index in [1.807, 2.05) is 6.07 Å². The highest BCUT2D eigenvalue weighted by atomic mass is 16.5. The second-order valence-electron chi connectivity index (χ2n) is 3.41. The summed E-state index contributed by atoms with van der Waals surface area (Å²) in [7, 11) is 0. The molecule has 5 N–H and O–H groups in total. The van der Waals surface area contributed by atoms with Gasteiger partial charge in [-0.05, 0) is 25.1 Å². The molecule has 1 aromatic rings. The zero-order valence-corrected chi connectivity index (χ0v) is 8.89. The van der Waals surface area contributed by atoms with Crippen molar-refractivity contribution in [2.24, 2.45) is 5.73 Å². The Morgan fingerprint density at radius 1 is 1.50 bits per heavy atom. The summed E-state index contributed by atoms with van der Waals surface area (Å²) in [4.78, 5) is 0. The number of anilines is 1. The molecule has 1 atom stereocenters. The third kappa shape index (κ3) is 3.42. The van der Waals surface area contributed by atoms with Crippen LogP contribution in [0.3, 0.4) is 0 Å². The van der Waals surface area contributed by atoms with Gasteiger partial charge < -0.3 is 21.3 Å². The third-order valence-electron chi connectivity index (χ3n) is 2.06. The van der Waals surface area contributed by atoms with Gasteiger partial charge in [-0.1, -0.05) is 0 Å². The first-order valence-electron chi connectivity index (χ1n) is 4.98. The molecule has 0 aliphatic carbocycles. The number of ether oxygens (including phenoxy) is 1. The molecule has 0 aliphatic rings. The molecule has 0 amide bonds. The predicted octanol–water partition coefficient (Wildman–Crippen LogP) is 0.229. The summed E-state index contributed by atoms with van der Waals surface area (Å²) in [6.07, 6.45) is -0.164. The summed E-state index contributed by atoms with van der Waals surface area (Å²) in [6.45, 7) is 0.502. The van der Waals surface area contributed by atoms with Crippen LogP contribution in [0.25, 0.3) is 0 Å². The van der Waals surface area contributed by atoms with E-state index in [1.165, 1.54) is 0 Å². The zero-order valence-electron chi connectivity index (χ0n) is 8.89. The molecule has 1 aromatic carbocycles. The van der Waals surface area contributed by atoms with Crippen molar-refractivity contribution in [3.63, 3.8) is 0 Å². The zero-order chi connectivity index (χ0) is 12.0. The molecule has 1 rings (SSSR count). The van der Waals surface area contributed by atoms with Gasteiger partial charge in [-0.3, -0.25) is 0 Å². The topological polar surface area (TPSA) is 105 Å². The fourth-order valence-electron chi connectivity index (χ4n) is 1.21. The number of rotatable bonds is 5. The molecule has 0 spiro atoms. The average Bonchev–Trinajstić information content (AvgIpc) is 2.27. The van der Waals surface area contributed by atoms with E-state index in [1.54, 1.807) is 18.2 Å². The second kappa shape index (κ2) is 5.95. The number of nitrogens with zero attached hydrogens (tertiary/aromatic N) is 1. The van der Waals surface area contributed by atoms with E-state index >= 15 is 0 Å². The Morgan fingerprint density at radius 3 is 2.88 bits per heavy atom. The van der Waals surface area contributed by atoms with Crippen molar-refractivity contribution >= 4 is 5.69 Å². The molecule has 0 saturated carbocycles. The number of nitrogens with two attached hydrogens (primary N) is 2. The molecule has 0 aromatic heterocycles. The molecule has 0 saturated heterocycles. The summed E-state index contributed by atoms with van der Waals surface area (Å²) in [5.41, 5.74) is 11.8. The van der Waals surface area contributed by atoms with E-state index in [9.17, 15) is 5.11 Å². The van der Waals surface area contributed by atoms with Gasteiger partial charge in [-0.25, -0.2) is 0 Å². The minimum atomic E-state index is -0.627. The van der Waals surface area contributed by atoms with Crippen LogP contribution in [0.1, 0.15) is 12.0 Å². The van der Waals surface area contributed by atoms with Gasteiger partial charge in [-0.15, -0.1) is 0 Å². The number of nitriles is 1. The maximum Gasteiger partial charge on any atom is 0.139 e. The van der Waals surface area contributed by atoms with Crippen LogP contribution in [0.4, 0.5) is 5.69 Å². The van der Waals surface area contributed by atoms with Crippen molar-refractivity contribution in [2.45, 2.75) is 12.5 Å². The first-order chi connectivity index (χ1) is 7.67. The molecule has 5 heteroatoms. The van der Waals surface area contributed by atoms with E-state index < -0.39 is 6.10 Å². The lowest BCUT2D eigenvalue weighted by molar-refractivity contribution is 0.102. The van der Waals surface area contributed by atoms with Crippen LogP contribution in [-0.4, -0.2) is 24.4 Å². The van der Waals surface area contributed by atoms with Crippen LogP contribution in [0.5, 0.6) is 5.75 Å². The van der Waals surface area contributed by atoms with Crippen LogP contribution in [0.2, 0.25) is 0 Å². The quantitative estimate of drug-likeness (QED) is 0.617. The molecule has 5 nitrogen and oxygen atoms in total. The predicted molar refractivity (Wildman–Crippen MR) is 60.7 cm³/mol. The van der Waals surface area contributed by atoms with Crippen LogP contribution < -0.4 is 16.2 Å². The van der Waals surface area contributed by atoms with Gasteiger partial charge in [-0.2, -0.15) is 5.26 Å². The number of nitrogen functional groups attached to an aromatic ring is 1.